The fraction of sp³-hybridized carbons (Fsp3) is 0.412. The molecule has 0 atom stereocenters. The lowest BCUT2D eigenvalue weighted by atomic mass is 10.1. The van der Waals surface area contributed by atoms with Crippen LogP contribution in [0.15, 0.2) is 16.9 Å². The molecule has 1 aliphatic heterocycles. The molecule has 3 rings (SSSR count). The highest BCUT2D eigenvalue weighted by molar-refractivity contribution is 5.32. The summed E-state index contributed by atoms with van der Waals surface area (Å²) in [6, 6.07) is 2.01. The molecule has 0 unspecified atom stereocenters. The average molecular weight is 352 g/mol. The van der Waals surface area contributed by atoms with E-state index in [-0.39, 0.29) is 12.1 Å². The van der Waals surface area contributed by atoms with Crippen LogP contribution in [0.1, 0.15) is 16.8 Å². The predicted molar refractivity (Wildman–Crippen MR) is 88.2 cm³/mol. The largest absolute Gasteiger partial charge is 0.348 e. The van der Waals surface area contributed by atoms with Gasteiger partial charge in [0.2, 0.25) is 5.95 Å². The summed E-state index contributed by atoms with van der Waals surface area (Å²) in [5, 5.41) is 0. The van der Waals surface area contributed by atoms with Crippen molar-refractivity contribution < 1.29 is 13.2 Å². The molecule has 0 saturated carbocycles. The summed E-state index contributed by atoms with van der Waals surface area (Å²) in [7, 11) is 3.59. The number of nitrogens with one attached hydrogen (secondary N) is 1. The summed E-state index contributed by atoms with van der Waals surface area (Å²) in [6.45, 7) is 1.43. The number of anilines is 1. The van der Waals surface area contributed by atoms with Gasteiger partial charge in [-0.15, -0.1) is 0 Å². The van der Waals surface area contributed by atoms with Crippen LogP contribution in [0.3, 0.4) is 0 Å². The maximum absolute atomic E-state index is 13.4. The van der Waals surface area contributed by atoms with E-state index in [1.807, 2.05) is 4.90 Å². The van der Waals surface area contributed by atoms with Gasteiger partial charge in [-0.25, -0.2) is 18.2 Å². The normalized spacial score (nSPS) is 14.9. The fourth-order valence-electron chi connectivity index (χ4n) is 2.97. The Hall–Kier alpha value is -2.35. The zero-order chi connectivity index (χ0) is 18.1. The van der Waals surface area contributed by atoms with Crippen molar-refractivity contribution in [3.05, 3.63) is 56.8 Å². The van der Waals surface area contributed by atoms with E-state index in [9.17, 15) is 18.0 Å². The van der Waals surface area contributed by atoms with E-state index in [0.29, 0.717) is 43.0 Å². The van der Waals surface area contributed by atoms with Crippen molar-refractivity contribution in [2.45, 2.75) is 19.4 Å². The first-order valence-electron chi connectivity index (χ1n) is 8.00. The van der Waals surface area contributed by atoms with Crippen molar-refractivity contribution in [3.63, 3.8) is 0 Å². The Bertz CT molecular complexity index is 827. The first-order chi connectivity index (χ1) is 11.8. The maximum atomic E-state index is 13.4. The number of hydrogen-bond donors (Lipinski definition) is 1. The highest BCUT2D eigenvalue weighted by Gasteiger charge is 2.20. The van der Waals surface area contributed by atoms with Crippen molar-refractivity contribution in [1.82, 2.24) is 14.9 Å². The van der Waals surface area contributed by atoms with Crippen molar-refractivity contribution in [1.29, 1.82) is 0 Å². The molecule has 1 N–H and O–H groups in total. The van der Waals surface area contributed by atoms with Gasteiger partial charge < -0.3 is 4.90 Å². The average Bonchev–Trinajstić information content (AvgIpc) is 2.75. The standard InChI is InChI=1S/C17H19F3N4O/c1-23(2)17-21-14-4-6-24(5-3-11(14)16(25)22-17)9-10-7-12(18)15(20)13(19)8-10/h7-8H,3-6,9H2,1-2H3,(H,21,22,25). The van der Waals surface area contributed by atoms with E-state index in [1.54, 1.807) is 19.0 Å². The van der Waals surface area contributed by atoms with Crippen LogP contribution in [0.5, 0.6) is 0 Å². The summed E-state index contributed by atoms with van der Waals surface area (Å²) < 4.78 is 39.8. The van der Waals surface area contributed by atoms with Crippen molar-refractivity contribution in [3.8, 4) is 0 Å². The molecule has 0 bridgehead atoms. The number of H-pyrrole nitrogens is 1. The third-order valence-corrected chi connectivity index (χ3v) is 4.30. The Morgan fingerprint density at radius 2 is 1.80 bits per heavy atom. The van der Waals surface area contributed by atoms with Crippen LogP contribution in [-0.2, 0) is 19.4 Å². The Labute approximate surface area is 143 Å². The second-order valence-electron chi connectivity index (χ2n) is 6.36. The first-order valence-corrected chi connectivity index (χ1v) is 8.00. The molecule has 2 aromatic rings. The van der Waals surface area contributed by atoms with Crippen LogP contribution in [0.4, 0.5) is 19.1 Å². The van der Waals surface area contributed by atoms with Gasteiger partial charge >= 0.3 is 0 Å². The zero-order valence-corrected chi connectivity index (χ0v) is 14.1. The molecule has 0 radical (unpaired) electrons. The number of benzene rings is 1. The molecule has 5 nitrogen and oxygen atoms in total. The highest BCUT2D eigenvalue weighted by atomic mass is 19.2. The van der Waals surface area contributed by atoms with Gasteiger partial charge in [-0.05, 0) is 24.1 Å². The minimum absolute atomic E-state index is 0.158. The number of hydrogen-bond acceptors (Lipinski definition) is 4. The molecule has 8 heteroatoms. The van der Waals surface area contributed by atoms with E-state index >= 15 is 0 Å². The summed E-state index contributed by atoms with van der Waals surface area (Å²) in [4.78, 5) is 23.2. The van der Waals surface area contributed by atoms with E-state index in [1.165, 1.54) is 0 Å². The van der Waals surface area contributed by atoms with Gasteiger partial charge in [0.25, 0.3) is 5.56 Å². The third kappa shape index (κ3) is 3.68. The fourth-order valence-corrected chi connectivity index (χ4v) is 2.97. The maximum Gasteiger partial charge on any atom is 0.255 e. The van der Waals surface area contributed by atoms with Gasteiger partial charge in [0.05, 0.1) is 5.69 Å². The van der Waals surface area contributed by atoms with Gasteiger partial charge in [0, 0.05) is 45.7 Å². The van der Waals surface area contributed by atoms with Gasteiger partial charge in [-0.2, -0.15) is 0 Å². The molecule has 1 aliphatic rings. The quantitative estimate of drug-likeness (QED) is 0.857. The number of halogens is 3. The Balaban J connectivity index is 1.78. The summed E-state index contributed by atoms with van der Waals surface area (Å²) in [5.74, 6) is -3.34. The SMILES string of the molecule is CN(C)c1nc2c(c(=O)[nH]1)CCN(Cc1cc(F)c(F)c(F)c1)CC2. The Morgan fingerprint density at radius 1 is 1.16 bits per heavy atom. The number of aromatic nitrogens is 2. The van der Waals surface area contributed by atoms with Crippen LogP contribution in [0, 0.1) is 17.5 Å². The van der Waals surface area contributed by atoms with Gasteiger partial charge in [0.15, 0.2) is 17.5 Å². The first kappa shape index (κ1) is 17.5. The van der Waals surface area contributed by atoms with Crippen molar-refractivity contribution in [2.75, 3.05) is 32.1 Å². The Kier molecular flexibility index (Phi) is 4.80. The van der Waals surface area contributed by atoms with Crippen LogP contribution >= 0.6 is 0 Å². The molecule has 1 aromatic carbocycles. The van der Waals surface area contributed by atoms with Crippen LogP contribution < -0.4 is 10.5 Å². The molecule has 0 aliphatic carbocycles. The van der Waals surface area contributed by atoms with Crippen molar-refractivity contribution >= 4 is 5.95 Å². The van der Waals surface area contributed by atoms with E-state index in [4.69, 9.17) is 0 Å². The second kappa shape index (κ2) is 6.87. The zero-order valence-electron chi connectivity index (χ0n) is 14.1. The molecule has 25 heavy (non-hydrogen) atoms. The topological polar surface area (TPSA) is 52.2 Å². The number of rotatable bonds is 3. The molecular formula is C17H19F3N4O. The summed E-state index contributed by atoms with van der Waals surface area (Å²) in [6.07, 6.45) is 1.06. The minimum Gasteiger partial charge on any atom is -0.348 e. The molecule has 0 saturated heterocycles. The van der Waals surface area contributed by atoms with E-state index < -0.39 is 17.5 Å². The monoisotopic (exact) mass is 352 g/mol. The highest BCUT2D eigenvalue weighted by Crippen LogP contribution is 2.18. The lowest BCUT2D eigenvalue weighted by molar-refractivity contribution is 0.277. The molecule has 0 amide bonds. The molecular weight excluding hydrogens is 333 g/mol. The van der Waals surface area contributed by atoms with E-state index in [2.05, 4.69) is 9.97 Å². The van der Waals surface area contributed by atoms with Crippen LogP contribution in [0.2, 0.25) is 0 Å². The van der Waals surface area contributed by atoms with Gasteiger partial charge in [-0.3, -0.25) is 14.7 Å². The number of aromatic amines is 1. The molecule has 1 aromatic heterocycles. The van der Waals surface area contributed by atoms with E-state index in [0.717, 1.165) is 17.8 Å². The molecule has 2 heterocycles. The van der Waals surface area contributed by atoms with Gasteiger partial charge in [-0.1, -0.05) is 0 Å². The van der Waals surface area contributed by atoms with Crippen molar-refractivity contribution in [2.24, 2.45) is 0 Å². The lowest BCUT2D eigenvalue weighted by Gasteiger charge is -2.19. The van der Waals surface area contributed by atoms with Gasteiger partial charge in [0.1, 0.15) is 0 Å². The third-order valence-electron chi connectivity index (χ3n) is 4.30. The molecule has 0 spiro atoms. The molecule has 134 valence electrons. The number of fused-ring (bicyclic) bond motifs is 1. The summed E-state index contributed by atoms with van der Waals surface area (Å²) >= 11 is 0. The Morgan fingerprint density at radius 3 is 2.44 bits per heavy atom. The summed E-state index contributed by atoms with van der Waals surface area (Å²) in [5.41, 5.74) is 1.59. The van der Waals surface area contributed by atoms with Crippen LogP contribution in [0.25, 0.3) is 0 Å². The smallest absolute Gasteiger partial charge is 0.255 e. The lowest BCUT2D eigenvalue weighted by Crippen LogP contribution is -2.26. The second-order valence-corrected chi connectivity index (χ2v) is 6.36. The van der Waals surface area contributed by atoms with Crippen LogP contribution in [-0.4, -0.2) is 42.1 Å². The number of nitrogens with zero attached hydrogens (tertiary/aromatic N) is 3. The molecule has 0 fully saturated rings. The predicted octanol–water partition coefficient (Wildman–Crippen LogP) is 1.85. The minimum atomic E-state index is -1.46.